The molecule has 0 aromatic heterocycles. The first-order chi connectivity index (χ1) is 13.9. The zero-order valence-electron chi connectivity index (χ0n) is 16.7. The van der Waals surface area contributed by atoms with Gasteiger partial charge in [0.1, 0.15) is 12.4 Å². The van der Waals surface area contributed by atoms with Gasteiger partial charge in [0.05, 0.1) is 24.7 Å². The van der Waals surface area contributed by atoms with Crippen LogP contribution < -0.4 is 10.1 Å². The van der Waals surface area contributed by atoms with Crippen LogP contribution >= 0.6 is 0 Å². The van der Waals surface area contributed by atoms with Crippen LogP contribution in [0.15, 0.2) is 47.4 Å². The van der Waals surface area contributed by atoms with E-state index in [4.69, 9.17) is 9.47 Å². The lowest BCUT2D eigenvalue weighted by Gasteiger charge is -2.26. The molecular formula is C21H26N2O5S. The van der Waals surface area contributed by atoms with Gasteiger partial charge in [-0.05, 0) is 55.3 Å². The summed E-state index contributed by atoms with van der Waals surface area (Å²) >= 11 is 0. The van der Waals surface area contributed by atoms with Crippen molar-refractivity contribution in [3.63, 3.8) is 0 Å². The molecule has 0 spiro atoms. The highest BCUT2D eigenvalue weighted by atomic mass is 32.2. The van der Waals surface area contributed by atoms with E-state index in [1.54, 1.807) is 12.1 Å². The number of carbonyl (C=O) groups excluding carboxylic acids is 1. The van der Waals surface area contributed by atoms with Crippen molar-refractivity contribution < 1.29 is 22.7 Å². The minimum absolute atomic E-state index is 0.110. The van der Waals surface area contributed by atoms with E-state index in [1.807, 2.05) is 26.0 Å². The maximum Gasteiger partial charge on any atom is 0.251 e. The molecule has 8 heteroatoms. The van der Waals surface area contributed by atoms with Gasteiger partial charge in [-0.15, -0.1) is 0 Å². The Hall–Kier alpha value is -2.42. The van der Waals surface area contributed by atoms with Gasteiger partial charge in [-0.1, -0.05) is 12.1 Å². The molecule has 156 valence electrons. The Bertz CT molecular complexity index is 949. The Morgan fingerprint density at radius 1 is 1.10 bits per heavy atom. The molecule has 7 nitrogen and oxygen atoms in total. The van der Waals surface area contributed by atoms with Crippen LogP contribution in [0.5, 0.6) is 5.75 Å². The second-order valence-electron chi connectivity index (χ2n) is 6.97. The number of aryl methyl sites for hydroxylation is 2. The number of benzene rings is 2. The van der Waals surface area contributed by atoms with E-state index in [0.717, 1.165) is 16.9 Å². The van der Waals surface area contributed by atoms with Crippen molar-refractivity contribution in [2.75, 3.05) is 39.5 Å². The fourth-order valence-electron chi connectivity index (χ4n) is 3.19. The van der Waals surface area contributed by atoms with E-state index in [9.17, 15) is 13.2 Å². The third-order valence-corrected chi connectivity index (χ3v) is 6.45. The largest absolute Gasteiger partial charge is 0.492 e. The molecule has 2 aromatic rings. The summed E-state index contributed by atoms with van der Waals surface area (Å²) in [6.45, 7) is 6.01. The average Bonchev–Trinajstić information content (AvgIpc) is 2.71. The molecule has 3 rings (SSSR count). The van der Waals surface area contributed by atoms with E-state index in [2.05, 4.69) is 11.4 Å². The molecular weight excluding hydrogens is 392 g/mol. The predicted octanol–water partition coefficient (Wildman–Crippen LogP) is 2.13. The summed E-state index contributed by atoms with van der Waals surface area (Å²) in [7, 11) is -3.64. The fraction of sp³-hybridized carbons (Fsp3) is 0.381. The molecule has 1 N–H and O–H groups in total. The Labute approximate surface area is 171 Å². The highest BCUT2D eigenvalue weighted by Gasteiger charge is 2.26. The minimum Gasteiger partial charge on any atom is -0.492 e. The lowest BCUT2D eigenvalue weighted by molar-refractivity contribution is 0.0730. The van der Waals surface area contributed by atoms with E-state index in [-0.39, 0.29) is 10.8 Å². The Morgan fingerprint density at radius 3 is 2.48 bits per heavy atom. The van der Waals surface area contributed by atoms with Crippen LogP contribution in [-0.2, 0) is 14.8 Å². The molecule has 29 heavy (non-hydrogen) atoms. The monoisotopic (exact) mass is 418 g/mol. The Morgan fingerprint density at radius 2 is 1.79 bits per heavy atom. The molecule has 1 fully saturated rings. The van der Waals surface area contributed by atoms with Crippen molar-refractivity contribution in [3.8, 4) is 5.75 Å². The summed E-state index contributed by atoms with van der Waals surface area (Å²) < 4.78 is 37.8. The molecule has 1 amide bonds. The number of ether oxygens (including phenoxy) is 2. The highest BCUT2D eigenvalue weighted by molar-refractivity contribution is 7.89. The number of sulfonamides is 1. The lowest BCUT2D eigenvalue weighted by Crippen LogP contribution is -2.40. The summed E-state index contributed by atoms with van der Waals surface area (Å²) in [5.74, 6) is 0.420. The highest BCUT2D eigenvalue weighted by Crippen LogP contribution is 2.19. The minimum atomic E-state index is -3.64. The summed E-state index contributed by atoms with van der Waals surface area (Å²) in [6, 6.07) is 12.0. The predicted molar refractivity (Wildman–Crippen MR) is 110 cm³/mol. The average molecular weight is 419 g/mol. The Balaban J connectivity index is 1.57. The summed E-state index contributed by atoms with van der Waals surface area (Å²) in [6.07, 6.45) is 0. The first kappa shape index (κ1) is 21.3. The van der Waals surface area contributed by atoms with Crippen molar-refractivity contribution in [1.29, 1.82) is 0 Å². The van der Waals surface area contributed by atoms with Crippen LogP contribution in [0.1, 0.15) is 21.5 Å². The van der Waals surface area contributed by atoms with E-state index in [1.165, 1.54) is 16.4 Å². The normalized spacial score (nSPS) is 15.1. The Kier molecular flexibility index (Phi) is 6.89. The number of hydrogen-bond acceptors (Lipinski definition) is 5. The first-order valence-electron chi connectivity index (χ1n) is 9.53. The molecule has 1 aliphatic heterocycles. The van der Waals surface area contributed by atoms with Gasteiger partial charge in [-0.2, -0.15) is 4.31 Å². The third kappa shape index (κ3) is 5.56. The topological polar surface area (TPSA) is 84.9 Å². The standard InChI is InChI=1S/C21H26N2O5S/c1-16-12-17(2)14-19(13-16)28-9-6-22-21(24)18-4-3-5-20(15-18)29(25,26)23-7-10-27-11-8-23/h3-5,12-15H,6-11H2,1-2H3,(H,22,24). The van der Waals surface area contributed by atoms with Gasteiger partial charge >= 0.3 is 0 Å². The molecule has 0 saturated carbocycles. The van der Waals surface area contributed by atoms with Crippen LogP contribution in [0.2, 0.25) is 0 Å². The number of rotatable bonds is 7. The quantitative estimate of drug-likeness (QED) is 0.697. The van der Waals surface area contributed by atoms with Gasteiger partial charge in [-0.25, -0.2) is 8.42 Å². The smallest absolute Gasteiger partial charge is 0.251 e. The molecule has 1 aliphatic rings. The van der Waals surface area contributed by atoms with E-state index < -0.39 is 10.0 Å². The van der Waals surface area contributed by atoms with Crippen molar-refractivity contribution in [3.05, 3.63) is 59.2 Å². The van der Waals surface area contributed by atoms with Gasteiger partial charge in [0.15, 0.2) is 0 Å². The van der Waals surface area contributed by atoms with Crippen LogP contribution in [-0.4, -0.2) is 58.1 Å². The molecule has 1 heterocycles. The summed E-state index contributed by atoms with van der Waals surface area (Å²) in [5, 5.41) is 2.76. The SMILES string of the molecule is Cc1cc(C)cc(OCCNC(=O)c2cccc(S(=O)(=O)N3CCOCC3)c2)c1. The van der Waals surface area contributed by atoms with E-state index in [0.29, 0.717) is 45.0 Å². The van der Waals surface area contributed by atoms with Gasteiger partial charge in [0.25, 0.3) is 5.91 Å². The second-order valence-corrected chi connectivity index (χ2v) is 8.91. The number of morpholine rings is 1. The van der Waals surface area contributed by atoms with Crippen molar-refractivity contribution in [2.45, 2.75) is 18.7 Å². The second kappa shape index (κ2) is 9.39. The van der Waals surface area contributed by atoms with Crippen LogP contribution in [0.25, 0.3) is 0 Å². The first-order valence-corrected chi connectivity index (χ1v) is 11.0. The number of nitrogens with one attached hydrogen (secondary N) is 1. The number of amides is 1. The fourth-order valence-corrected chi connectivity index (χ4v) is 4.64. The zero-order valence-corrected chi connectivity index (χ0v) is 17.5. The van der Waals surface area contributed by atoms with Gasteiger partial charge in [0.2, 0.25) is 10.0 Å². The van der Waals surface area contributed by atoms with Crippen molar-refractivity contribution in [1.82, 2.24) is 9.62 Å². The van der Waals surface area contributed by atoms with Gasteiger partial charge in [-0.3, -0.25) is 4.79 Å². The number of carbonyl (C=O) groups is 1. The maximum absolute atomic E-state index is 12.8. The van der Waals surface area contributed by atoms with Crippen molar-refractivity contribution >= 4 is 15.9 Å². The molecule has 2 aromatic carbocycles. The molecule has 0 atom stereocenters. The summed E-state index contributed by atoms with van der Waals surface area (Å²) in [5.41, 5.74) is 2.52. The van der Waals surface area contributed by atoms with Crippen molar-refractivity contribution in [2.24, 2.45) is 0 Å². The van der Waals surface area contributed by atoms with Gasteiger partial charge in [0, 0.05) is 18.7 Å². The molecule has 0 aliphatic carbocycles. The van der Waals surface area contributed by atoms with Crippen LogP contribution in [0.3, 0.4) is 0 Å². The third-order valence-electron chi connectivity index (χ3n) is 4.56. The lowest BCUT2D eigenvalue weighted by atomic mass is 10.1. The maximum atomic E-state index is 12.8. The van der Waals surface area contributed by atoms with Crippen LogP contribution in [0.4, 0.5) is 0 Å². The van der Waals surface area contributed by atoms with E-state index >= 15 is 0 Å². The molecule has 1 saturated heterocycles. The zero-order chi connectivity index (χ0) is 20.9. The summed E-state index contributed by atoms with van der Waals surface area (Å²) in [4.78, 5) is 12.5. The van der Waals surface area contributed by atoms with Crippen LogP contribution in [0, 0.1) is 13.8 Å². The van der Waals surface area contributed by atoms with Gasteiger partial charge < -0.3 is 14.8 Å². The molecule has 0 unspecified atom stereocenters. The molecule has 0 bridgehead atoms. The number of nitrogens with zero attached hydrogens (tertiary/aromatic N) is 1. The molecule has 0 radical (unpaired) electrons. The number of hydrogen-bond donors (Lipinski definition) is 1.